The van der Waals surface area contributed by atoms with E-state index >= 15 is 0 Å². The van der Waals surface area contributed by atoms with Crippen molar-refractivity contribution in [3.8, 4) is 0 Å². The van der Waals surface area contributed by atoms with Gasteiger partial charge in [-0.05, 0) is 36.3 Å². The largest absolute Gasteiger partial charge is 0.391 e. The average Bonchev–Trinajstić information content (AvgIpc) is 2.37. The Bertz CT molecular complexity index is 470. The molecule has 118 valence electrons. The van der Waals surface area contributed by atoms with Crippen LogP contribution < -0.4 is 10.6 Å². The number of benzene rings is 1. The number of aliphatic hydroxyl groups is 1. The monoisotopic (exact) mass is 292 g/mol. The zero-order valence-electron chi connectivity index (χ0n) is 13.7. The van der Waals surface area contributed by atoms with Crippen molar-refractivity contribution in [2.75, 3.05) is 11.9 Å². The van der Waals surface area contributed by atoms with Gasteiger partial charge in [-0.1, -0.05) is 45.9 Å². The van der Waals surface area contributed by atoms with Crippen molar-refractivity contribution in [2.24, 2.45) is 5.92 Å². The molecule has 0 spiro atoms. The van der Waals surface area contributed by atoms with E-state index in [2.05, 4.69) is 24.5 Å². The summed E-state index contributed by atoms with van der Waals surface area (Å²) in [5.41, 5.74) is 3.02. The normalized spacial score (nSPS) is 12.6. The number of hydrogen-bond donors (Lipinski definition) is 3. The molecule has 0 saturated carbocycles. The van der Waals surface area contributed by atoms with Crippen molar-refractivity contribution in [3.05, 3.63) is 29.3 Å². The molecule has 0 saturated heterocycles. The lowest BCUT2D eigenvalue weighted by Gasteiger charge is -2.18. The first-order chi connectivity index (χ1) is 9.81. The zero-order chi connectivity index (χ0) is 16.0. The Balaban J connectivity index is 2.63. The van der Waals surface area contributed by atoms with Crippen LogP contribution in [0.1, 0.15) is 51.2 Å². The molecule has 0 bridgehead atoms. The molecule has 1 atom stereocenters. The summed E-state index contributed by atoms with van der Waals surface area (Å²) in [5.74, 6) is 0.750. The number of urea groups is 1. The van der Waals surface area contributed by atoms with Crippen LogP contribution in [0, 0.1) is 12.8 Å². The highest BCUT2D eigenvalue weighted by molar-refractivity contribution is 5.91. The van der Waals surface area contributed by atoms with Gasteiger partial charge in [0.1, 0.15) is 0 Å². The molecule has 21 heavy (non-hydrogen) atoms. The fourth-order valence-corrected chi connectivity index (χ4v) is 2.34. The minimum absolute atomic E-state index is 0.269. The van der Waals surface area contributed by atoms with Gasteiger partial charge in [0.2, 0.25) is 0 Å². The third kappa shape index (κ3) is 5.76. The van der Waals surface area contributed by atoms with Crippen LogP contribution >= 0.6 is 0 Å². The molecule has 1 aromatic carbocycles. The molecule has 0 aromatic heterocycles. The van der Waals surface area contributed by atoms with Crippen LogP contribution in [0.2, 0.25) is 0 Å². The molecule has 4 nitrogen and oxygen atoms in total. The van der Waals surface area contributed by atoms with Crippen LogP contribution in [-0.4, -0.2) is 23.8 Å². The predicted octanol–water partition coefficient (Wildman–Crippen LogP) is 3.65. The summed E-state index contributed by atoms with van der Waals surface area (Å²) in [7, 11) is 0. The number of hydrogen-bond acceptors (Lipinski definition) is 2. The van der Waals surface area contributed by atoms with Gasteiger partial charge in [-0.15, -0.1) is 0 Å². The van der Waals surface area contributed by atoms with Gasteiger partial charge < -0.3 is 15.7 Å². The van der Waals surface area contributed by atoms with E-state index in [4.69, 9.17) is 0 Å². The molecule has 0 aliphatic carbocycles. The van der Waals surface area contributed by atoms with E-state index in [9.17, 15) is 9.90 Å². The third-order valence-corrected chi connectivity index (χ3v) is 3.41. The number of carbonyl (C=O) groups excluding carboxylic acids is 1. The number of anilines is 1. The maximum Gasteiger partial charge on any atom is 0.319 e. The number of aryl methyl sites for hydroxylation is 1. The summed E-state index contributed by atoms with van der Waals surface area (Å²) in [4.78, 5) is 12.0. The van der Waals surface area contributed by atoms with E-state index in [0.717, 1.165) is 16.8 Å². The molecule has 0 aliphatic rings. The van der Waals surface area contributed by atoms with E-state index in [1.165, 1.54) is 0 Å². The van der Waals surface area contributed by atoms with Crippen LogP contribution in [0.15, 0.2) is 18.2 Å². The standard InChI is InChI=1S/C17H28N2O2/c1-11(2)9-14(20)10-18-17(21)19-16-13(5)7-6-8-15(16)12(3)4/h6-8,11-12,14,20H,9-10H2,1-5H3,(H2,18,19,21). The van der Waals surface area contributed by atoms with Crippen molar-refractivity contribution < 1.29 is 9.90 Å². The lowest BCUT2D eigenvalue weighted by molar-refractivity contribution is 0.148. The van der Waals surface area contributed by atoms with Crippen molar-refractivity contribution in [1.82, 2.24) is 5.32 Å². The maximum atomic E-state index is 12.0. The van der Waals surface area contributed by atoms with E-state index in [1.807, 2.05) is 39.0 Å². The second-order valence-electron chi connectivity index (χ2n) is 6.31. The van der Waals surface area contributed by atoms with E-state index in [-0.39, 0.29) is 12.6 Å². The molecule has 1 rings (SSSR count). The van der Waals surface area contributed by atoms with Crippen LogP contribution in [0.5, 0.6) is 0 Å². The van der Waals surface area contributed by atoms with Gasteiger partial charge in [0, 0.05) is 12.2 Å². The minimum Gasteiger partial charge on any atom is -0.391 e. The van der Waals surface area contributed by atoms with Crippen LogP contribution in [0.4, 0.5) is 10.5 Å². The first-order valence-corrected chi connectivity index (χ1v) is 7.63. The van der Waals surface area contributed by atoms with Gasteiger partial charge in [0.15, 0.2) is 0 Å². The Kier molecular flexibility index (Phi) is 6.69. The molecule has 0 fully saturated rings. The number of aliphatic hydroxyl groups excluding tert-OH is 1. The molecular formula is C17H28N2O2. The van der Waals surface area contributed by atoms with Gasteiger partial charge in [0.25, 0.3) is 0 Å². The van der Waals surface area contributed by atoms with Crippen molar-refractivity contribution in [1.29, 1.82) is 0 Å². The smallest absolute Gasteiger partial charge is 0.319 e. The highest BCUT2D eigenvalue weighted by atomic mass is 16.3. The molecule has 0 radical (unpaired) electrons. The zero-order valence-corrected chi connectivity index (χ0v) is 13.7. The Morgan fingerprint density at radius 1 is 1.24 bits per heavy atom. The van der Waals surface area contributed by atoms with Crippen molar-refractivity contribution in [2.45, 2.75) is 53.1 Å². The summed E-state index contributed by atoms with van der Waals surface area (Å²) >= 11 is 0. The van der Waals surface area contributed by atoms with Crippen LogP contribution in [-0.2, 0) is 0 Å². The fourth-order valence-electron chi connectivity index (χ4n) is 2.34. The molecule has 4 heteroatoms. The van der Waals surface area contributed by atoms with E-state index in [0.29, 0.717) is 18.3 Å². The summed E-state index contributed by atoms with van der Waals surface area (Å²) in [6.07, 6.45) is 0.180. The number of para-hydroxylation sites is 1. The first-order valence-electron chi connectivity index (χ1n) is 7.63. The van der Waals surface area contributed by atoms with Crippen molar-refractivity contribution >= 4 is 11.7 Å². The van der Waals surface area contributed by atoms with E-state index in [1.54, 1.807) is 0 Å². The summed E-state index contributed by atoms with van der Waals surface area (Å²) < 4.78 is 0. The lowest BCUT2D eigenvalue weighted by Crippen LogP contribution is -2.36. The molecule has 1 aromatic rings. The van der Waals surface area contributed by atoms with Crippen LogP contribution in [0.3, 0.4) is 0 Å². The number of rotatable bonds is 6. The summed E-state index contributed by atoms with van der Waals surface area (Å²) in [5, 5.41) is 15.4. The SMILES string of the molecule is Cc1cccc(C(C)C)c1NC(=O)NCC(O)CC(C)C. The fraction of sp³-hybridized carbons (Fsp3) is 0.588. The average molecular weight is 292 g/mol. The Hall–Kier alpha value is -1.55. The summed E-state index contributed by atoms with van der Waals surface area (Å²) in [6, 6.07) is 5.74. The van der Waals surface area contributed by atoms with Gasteiger partial charge in [-0.3, -0.25) is 0 Å². The first kappa shape index (κ1) is 17.5. The van der Waals surface area contributed by atoms with Crippen molar-refractivity contribution in [3.63, 3.8) is 0 Å². The Morgan fingerprint density at radius 3 is 2.48 bits per heavy atom. The van der Waals surface area contributed by atoms with Gasteiger partial charge in [-0.2, -0.15) is 0 Å². The quantitative estimate of drug-likeness (QED) is 0.749. The van der Waals surface area contributed by atoms with Crippen LogP contribution in [0.25, 0.3) is 0 Å². The second-order valence-corrected chi connectivity index (χ2v) is 6.31. The number of carbonyl (C=O) groups is 1. The Morgan fingerprint density at radius 2 is 1.90 bits per heavy atom. The molecule has 0 aliphatic heterocycles. The van der Waals surface area contributed by atoms with E-state index < -0.39 is 6.10 Å². The highest BCUT2D eigenvalue weighted by Gasteiger charge is 2.13. The molecule has 3 N–H and O–H groups in total. The third-order valence-electron chi connectivity index (χ3n) is 3.41. The van der Waals surface area contributed by atoms with Gasteiger partial charge in [0.05, 0.1) is 6.10 Å². The molecule has 0 heterocycles. The maximum absolute atomic E-state index is 12.0. The number of amides is 2. The van der Waals surface area contributed by atoms with Gasteiger partial charge >= 0.3 is 6.03 Å². The highest BCUT2D eigenvalue weighted by Crippen LogP contribution is 2.27. The lowest BCUT2D eigenvalue weighted by atomic mass is 9.98. The molecular weight excluding hydrogens is 264 g/mol. The topological polar surface area (TPSA) is 61.4 Å². The molecule has 2 amide bonds. The summed E-state index contributed by atoms with van der Waals surface area (Å²) in [6.45, 7) is 10.5. The molecule has 1 unspecified atom stereocenters. The number of nitrogens with one attached hydrogen (secondary N) is 2. The Labute approximate surface area is 128 Å². The predicted molar refractivity (Wildman–Crippen MR) is 87.8 cm³/mol. The minimum atomic E-state index is -0.503. The van der Waals surface area contributed by atoms with Gasteiger partial charge in [-0.25, -0.2) is 4.79 Å². The second kappa shape index (κ2) is 8.03.